The number of hydrogen-bond donors (Lipinski definition) is 2. The van der Waals surface area contributed by atoms with Gasteiger partial charge < -0.3 is 15.5 Å². The van der Waals surface area contributed by atoms with Gasteiger partial charge >= 0.3 is 6.03 Å². The first-order valence-electron chi connectivity index (χ1n) is 4.37. The number of rotatable bonds is 0. The third-order valence-corrected chi connectivity index (χ3v) is 2.28. The monoisotopic (exact) mass is 171 g/mol. The van der Waals surface area contributed by atoms with Crippen LogP contribution in [-0.2, 0) is 0 Å². The smallest absolute Gasteiger partial charge is 0.317 e. The largest absolute Gasteiger partial charge is 0.341 e. The van der Waals surface area contributed by atoms with Crippen molar-refractivity contribution in [3.63, 3.8) is 0 Å². The summed E-state index contributed by atoms with van der Waals surface area (Å²) < 4.78 is 0. The van der Waals surface area contributed by atoms with Gasteiger partial charge in [0.15, 0.2) is 0 Å². The second-order valence-corrected chi connectivity index (χ2v) is 3.32. The van der Waals surface area contributed by atoms with E-state index in [4.69, 9.17) is 0 Å². The highest BCUT2D eigenvalue weighted by Crippen LogP contribution is 2.08. The zero-order valence-electron chi connectivity index (χ0n) is 7.92. The molecule has 4 nitrogen and oxygen atoms in total. The molecule has 0 spiro atoms. The van der Waals surface area contributed by atoms with Crippen LogP contribution in [0, 0.1) is 0 Å². The van der Waals surface area contributed by atoms with Gasteiger partial charge in [0, 0.05) is 32.2 Å². The maximum Gasteiger partial charge on any atom is 0.317 e. The van der Waals surface area contributed by atoms with Gasteiger partial charge in [-0.15, -0.1) is 0 Å². The van der Waals surface area contributed by atoms with Gasteiger partial charge in [-0.25, -0.2) is 4.79 Å². The van der Waals surface area contributed by atoms with E-state index < -0.39 is 0 Å². The Morgan fingerprint density at radius 1 is 1.42 bits per heavy atom. The molecule has 2 atom stereocenters. The maximum atomic E-state index is 11.4. The molecule has 1 saturated heterocycles. The number of urea groups is 1. The Balaban J connectivity index is 2.62. The van der Waals surface area contributed by atoms with Crippen LogP contribution in [0.25, 0.3) is 0 Å². The van der Waals surface area contributed by atoms with E-state index in [0.29, 0.717) is 0 Å². The van der Waals surface area contributed by atoms with E-state index in [2.05, 4.69) is 24.5 Å². The summed E-state index contributed by atoms with van der Waals surface area (Å²) in [7, 11) is 1.67. The van der Waals surface area contributed by atoms with Crippen molar-refractivity contribution < 1.29 is 4.79 Å². The minimum absolute atomic E-state index is 0.0245. The molecule has 0 aromatic heterocycles. The van der Waals surface area contributed by atoms with Crippen molar-refractivity contribution in [3.8, 4) is 0 Å². The first kappa shape index (κ1) is 9.32. The number of amides is 2. The normalized spacial score (nSPS) is 30.1. The van der Waals surface area contributed by atoms with Crippen molar-refractivity contribution in [1.82, 2.24) is 15.5 Å². The number of hydrogen-bond acceptors (Lipinski definition) is 2. The standard InChI is InChI=1S/C8H17N3O/c1-6-4-10-5-7(2)11(6)8(12)9-3/h6-7,10H,4-5H2,1-3H3,(H,9,12). The average molecular weight is 171 g/mol. The lowest BCUT2D eigenvalue weighted by Gasteiger charge is -2.38. The van der Waals surface area contributed by atoms with Crippen LogP contribution in [0.2, 0.25) is 0 Å². The molecule has 1 aliphatic rings. The van der Waals surface area contributed by atoms with Crippen LogP contribution in [0.15, 0.2) is 0 Å². The van der Waals surface area contributed by atoms with E-state index in [9.17, 15) is 4.79 Å². The van der Waals surface area contributed by atoms with E-state index in [0.717, 1.165) is 13.1 Å². The molecule has 2 amide bonds. The van der Waals surface area contributed by atoms with Gasteiger partial charge in [-0.05, 0) is 13.8 Å². The highest BCUT2D eigenvalue weighted by atomic mass is 16.2. The molecular formula is C8H17N3O. The summed E-state index contributed by atoms with van der Waals surface area (Å²) in [6.45, 7) is 5.88. The molecule has 0 radical (unpaired) electrons. The Morgan fingerprint density at radius 2 is 1.92 bits per heavy atom. The number of piperazine rings is 1. The average Bonchev–Trinajstić information content (AvgIpc) is 2.03. The molecule has 2 N–H and O–H groups in total. The molecular weight excluding hydrogens is 154 g/mol. The van der Waals surface area contributed by atoms with Crippen LogP contribution >= 0.6 is 0 Å². The highest BCUT2D eigenvalue weighted by molar-refractivity contribution is 5.74. The minimum atomic E-state index is 0.0245. The Bertz CT molecular complexity index is 162. The maximum absolute atomic E-state index is 11.4. The Kier molecular flexibility index (Phi) is 2.92. The van der Waals surface area contributed by atoms with Crippen molar-refractivity contribution in [1.29, 1.82) is 0 Å². The third-order valence-electron chi connectivity index (χ3n) is 2.28. The van der Waals surface area contributed by atoms with Crippen LogP contribution in [0.4, 0.5) is 4.79 Å². The van der Waals surface area contributed by atoms with Crippen molar-refractivity contribution in [2.75, 3.05) is 20.1 Å². The predicted molar refractivity (Wildman–Crippen MR) is 48.1 cm³/mol. The Morgan fingerprint density at radius 3 is 2.33 bits per heavy atom. The van der Waals surface area contributed by atoms with Crippen LogP contribution in [-0.4, -0.2) is 43.2 Å². The molecule has 1 heterocycles. The second-order valence-electron chi connectivity index (χ2n) is 3.32. The molecule has 70 valence electrons. The molecule has 0 aliphatic carbocycles. The molecule has 2 unspecified atom stereocenters. The zero-order chi connectivity index (χ0) is 9.14. The summed E-state index contributed by atoms with van der Waals surface area (Å²) in [5.41, 5.74) is 0. The van der Waals surface area contributed by atoms with E-state index in [1.54, 1.807) is 7.05 Å². The molecule has 4 heteroatoms. The fourth-order valence-corrected chi connectivity index (χ4v) is 1.66. The lowest BCUT2D eigenvalue weighted by Crippen LogP contribution is -2.59. The van der Waals surface area contributed by atoms with Crippen molar-refractivity contribution >= 4 is 6.03 Å². The van der Waals surface area contributed by atoms with Gasteiger partial charge in [0.05, 0.1) is 0 Å². The van der Waals surface area contributed by atoms with Gasteiger partial charge in [0.25, 0.3) is 0 Å². The van der Waals surface area contributed by atoms with E-state index in [-0.39, 0.29) is 18.1 Å². The topological polar surface area (TPSA) is 44.4 Å². The molecule has 1 aliphatic heterocycles. The van der Waals surface area contributed by atoms with Gasteiger partial charge in [0.2, 0.25) is 0 Å². The fraction of sp³-hybridized carbons (Fsp3) is 0.875. The van der Waals surface area contributed by atoms with Gasteiger partial charge in [-0.3, -0.25) is 0 Å². The van der Waals surface area contributed by atoms with Gasteiger partial charge in [-0.1, -0.05) is 0 Å². The summed E-state index contributed by atoms with van der Waals surface area (Å²) in [5, 5.41) is 5.93. The Labute approximate surface area is 73.3 Å². The van der Waals surface area contributed by atoms with Crippen molar-refractivity contribution in [2.45, 2.75) is 25.9 Å². The summed E-state index contributed by atoms with van der Waals surface area (Å²) in [6, 6.07) is 0.596. The number of carbonyl (C=O) groups excluding carboxylic acids is 1. The van der Waals surface area contributed by atoms with Crippen LogP contribution in [0.3, 0.4) is 0 Å². The molecule has 0 saturated carbocycles. The number of nitrogens with one attached hydrogen (secondary N) is 2. The summed E-state index contributed by atoms with van der Waals surface area (Å²) in [4.78, 5) is 13.3. The Hall–Kier alpha value is -0.770. The van der Waals surface area contributed by atoms with E-state index in [1.807, 2.05) is 4.90 Å². The molecule has 12 heavy (non-hydrogen) atoms. The first-order chi connectivity index (χ1) is 5.66. The second kappa shape index (κ2) is 3.76. The minimum Gasteiger partial charge on any atom is -0.341 e. The van der Waals surface area contributed by atoms with Crippen LogP contribution < -0.4 is 10.6 Å². The number of carbonyl (C=O) groups is 1. The van der Waals surface area contributed by atoms with Gasteiger partial charge in [0.1, 0.15) is 0 Å². The molecule has 0 bridgehead atoms. The lowest BCUT2D eigenvalue weighted by atomic mass is 10.1. The molecule has 0 aromatic rings. The zero-order valence-corrected chi connectivity index (χ0v) is 7.92. The SMILES string of the molecule is CNC(=O)N1C(C)CNCC1C. The van der Waals surface area contributed by atoms with Crippen molar-refractivity contribution in [2.24, 2.45) is 0 Å². The van der Waals surface area contributed by atoms with Crippen molar-refractivity contribution in [3.05, 3.63) is 0 Å². The quantitative estimate of drug-likeness (QED) is 0.539. The lowest BCUT2D eigenvalue weighted by molar-refractivity contribution is 0.134. The van der Waals surface area contributed by atoms with E-state index >= 15 is 0 Å². The third kappa shape index (κ3) is 1.69. The molecule has 0 aromatic carbocycles. The first-order valence-corrected chi connectivity index (χ1v) is 4.37. The summed E-state index contributed by atoms with van der Waals surface area (Å²) in [6.07, 6.45) is 0. The van der Waals surface area contributed by atoms with E-state index in [1.165, 1.54) is 0 Å². The molecule has 1 fully saturated rings. The molecule has 1 rings (SSSR count). The van der Waals surface area contributed by atoms with Gasteiger partial charge in [-0.2, -0.15) is 0 Å². The van der Waals surface area contributed by atoms with Crippen LogP contribution in [0.5, 0.6) is 0 Å². The highest BCUT2D eigenvalue weighted by Gasteiger charge is 2.27. The number of nitrogens with zero attached hydrogens (tertiary/aromatic N) is 1. The predicted octanol–water partition coefficient (Wildman–Crippen LogP) is 0.00800. The van der Waals surface area contributed by atoms with Crippen LogP contribution in [0.1, 0.15) is 13.8 Å². The summed E-state index contributed by atoms with van der Waals surface area (Å²) >= 11 is 0. The summed E-state index contributed by atoms with van der Waals surface area (Å²) in [5.74, 6) is 0. The fourth-order valence-electron chi connectivity index (χ4n) is 1.66.